The van der Waals surface area contributed by atoms with Gasteiger partial charge in [0, 0.05) is 5.38 Å². The molecule has 2 aromatic carbocycles. The van der Waals surface area contributed by atoms with Crippen LogP contribution in [0.1, 0.15) is 16.1 Å². The minimum atomic E-state index is -0.538. The van der Waals surface area contributed by atoms with Crippen LogP contribution >= 0.6 is 11.3 Å². The first-order chi connectivity index (χ1) is 13.0. The normalized spacial score (nSPS) is 10.3. The number of carbonyl (C=O) groups is 2. The van der Waals surface area contributed by atoms with Crippen molar-refractivity contribution >= 4 is 34.0 Å². The second-order valence-corrected chi connectivity index (χ2v) is 6.42. The van der Waals surface area contributed by atoms with Crippen molar-refractivity contribution in [3.05, 3.63) is 71.0 Å². The molecule has 0 saturated carbocycles. The lowest BCUT2D eigenvalue weighted by molar-refractivity contribution is -0.118. The van der Waals surface area contributed by atoms with Crippen molar-refractivity contribution in [3.8, 4) is 5.75 Å². The number of hydrogen-bond acceptors (Lipinski definition) is 5. The maximum absolute atomic E-state index is 13.6. The molecule has 0 fully saturated rings. The van der Waals surface area contributed by atoms with E-state index in [2.05, 4.69) is 15.6 Å². The summed E-state index contributed by atoms with van der Waals surface area (Å²) in [7, 11) is 0. The molecular weight excluding hydrogens is 369 g/mol. The number of para-hydroxylation sites is 2. The first-order valence-electron chi connectivity index (χ1n) is 8.02. The van der Waals surface area contributed by atoms with Gasteiger partial charge < -0.3 is 10.1 Å². The largest absolute Gasteiger partial charge is 0.483 e. The monoisotopic (exact) mass is 385 g/mol. The van der Waals surface area contributed by atoms with E-state index in [-0.39, 0.29) is 23.6 Å². The molecule has 0 spiro atoms. The fraction of sp³-hybridized carbons (Fsp3) is 0.105. The zero-order chi connectivity index (χ0) is 19.2. The Morgan fingerprint density at radius 3 is 2.59 bits per heavy atom. The average molecular weight is 385 g/mol. The number of hydrogen-bond donors (Lipinski definition) is 2. The molecule has 27 heavy (non-hydrogen) atoms. The van der Waals surface area contributed by atoms with Crippen LogP contribution in [-0.2, 0) is 4.79 Å². The first kappa shape index (κ1) is 18.5. The number of aromatic nitrogens is 1. The maximum atomic E-state index is 13.6. The van der Waals surface area contributed by atoms with Gasteiger partial charge in [-0.2, -0.15) is 0 Å². The van der Waals surface area contributed by atoms with Crippen LogP contribution in [0, 0.1) is 12.7 Å². The van der Waals surface area contributed by atoms with E-state index in [1.54, 1.807) is 30.3 Å². The summed E-state index contributed by atoms with van der Waals surface area (Å²) in [4.78, 5) is 28.6. The van der Waals surface area contributed by atoms with Gasteiger partial charge in [-0.05, 0) is 31.2 Å². The average Bonchev–Trinajstić information content (AvgIpc) is 3.07. The smallest absolute Gasteiger partial charge is 0.262 e. The minimum absolute atomic E-state index is 0.0660. The maximum Gasteiger partial charge on any atom is 0.262 e. The molecule has 1 aromatic heterocycles. The van der Waals surface area contributed by atoms with Gasteiger partial charge >= 0.3 is 0 Å². The van der Waals surface area contributed by atoms with E-state index in [1.165, 1.54) is 29.5 Å². The Morgan fingerprint density at radius 2 is 1.85 bits per heavy atom. The van der Waals surface area contributed by atoms with Crippen molar-refractivity contribution in [2.75, 3.05) is 17.2 Å². The topological polar surface area (TPSA) is 80.3 Å². The Kier molecular flexibility index (Phi) is 5.77. The molecule has 8 heteroatoms. The second-order valence-electron chi connectivity index (χ2n) is 5.56. The molecule has 3 aromatic rings. The van der Waals surface area contributed by atoms with E-state index in [9.17, 15) is 14.0 Å². The van der Waals surface area contributed by atoms with Crippen molar-refractivity contribution in [2.45, 2.75) is 6.92 Å². The van der Waals surface area contributed by atoms with Gasteiger partial charge in [0.25, 0.3) is 11.8 Å². The Balaban J connectivity index is 1.64. The first-order valence-corrected chi connectivity index (χ1v) is 8.90. The van der Waals surface area contributed by atoms with Crippen molar-refractivity contribution in [1.29, 1.82) is 0 Å². The number of benzene rings is 2. The van der Waals surface area contributed by atoms with E-state index in [0.29, 0.717) is 5.13 Å². The Morgan fingerprint density at radius 1 is 1.11 bits per heavy atom. The fourth-order valence-corrected chi connectivity index (χ4v) is 2.93. The molecule has 2 amide bonds. The summed E-state index contributed by atoms with van der Waals surface area (Å²) in [6, 6.07) is 12.4. The highest BCUT2D eigenvalue weighted by Gasteiger charge is 2.15. The van der Waals surface area contributed by atoms with Crippen molar-refractivity contribution in [1.82, 2.24) is 4.98 Å². The lowest BCUT2D eigenvalue weighted by atomic mass is 10.2. The lowest BCUT2D eigenvalue weighted by Crippen LogP contribution is -2.22. The number of nitrogens with zero attached hydrogens (tertiary/aromatic N) is 1. The molecule has 0 aliphatic heterocycles. The summed E-state index contributed by atoms with van der Waals surface area (Å²) in [5.41, 5.74) is 1.14. The van der Waals surface area contributed by atoms with Gasteiger partial charge in [-0.1, -0.05) is 24.3 Å². The van der Waals surface area contributed by atoms with E-state index in [4.69, 9.17) is 4.74 Å². The number of carbonyl (C=O) groups excluding carboxylic acids is 2. The third-order valence-electron chi connectivity index (χ3n) is 3.48. The fourth-order valence-electron chi connectivity index (χ4n) is 2.25. The molecule has 0 saturated heterocycles. The second kappa shape index (κ2) is 8.41. The molecule has 6 nitrogen and oxygen atoms in total. The minimum Gasteiger partial charge on any atom is -0.483 e. The van der Waals surface area contributed by atoms with E-state index < -0.39 is 17.6 Å². The van der Waals surface area contributed by atoms with Crippen molar-refractivity contribution < 1.29 is 18.7 Å². The number of thiazole rings is 1. The highest BCUT2D eigenvalue weighted by molar-refractivity contribution is 7.13. The summed E-state index contributed by atoms with van der Waals surface area (Å²) >= 11 is 1.32. The predicted molar refractivity (Wildman–Crippen MR) is 102 cm³/mol. The number of halogens is 1. The third kappa shape index (κ3) is 4.89. The van der Waals surface area contributed by atoms with Crippen LogP contribution in [-0.4, -0.2) is 23.4 Å². The third-order valence-corrected chi connectivity index (χ3v) is 4.35. The van der Waals surface area contributed by atoms with Gasteiger partial charge in [0.05, 0.1) is 16.9 Å². The molecule has 3 rings (SSSR count). The zero-order valence-electron chi connectivity index (χ0n) is 14.4. The van der Waals surface area contributed by atoms with Crippen LogP contribution in [0.3, 0.4) is 0 Å². The number of amides is 2. The van der Waals surface area contributed by atoms with Gasteiger partial charge in [0.2, 0.25) is 0 Å². The van der Waals surface area contributed by atoms with Crippen LogP contribution in [0.5, 0.6) is 5.75 Å². The summed E-state index contributed by atoms with van der Waals surface area (Å²) < 4.78 is 19.0. The summed E-state index contributed by atoms with van der Waals surface area (Å²) in [5.74, 6) is -1.23. The number of anilines is 2. The Bertz CT molecular complexity index is 974. The Labute approximate surface area is 159 Å². The van der Waals surface area contributed by atoms with Gasteiger partial charge in [-0.3, -0.25) is 14.9 Å². The summed E-state index contributed by atoms with van der Waals surface area (Å²) in [5, 5.41) is 7.42. The van der Waals surface area contributed by atoms with Gasteiger partial charge in [-0.25, -0.2) is 9.37 Å². The van der Waals surface area contributed by atoms with Crippen molar-refractivity contribution in [3.63, 3.8) is 0 Å². The number of nitrogens with one attached hydrogen (secondary N) is 2. The van der Waals surface area contributed by atoms with E-state index in [0.717, 1.165) is 5.69 Å². The molecule has 2 N–H and O–H groups in total. The molecular formula is C19H16FN3O3S. The summed E-state index contributed by atoms with van der Waals surface area (Å²) in [6.45, 7) is 1.46. The van der Waals surface area contributed by atoms with E-state index >= 15 is 0 Å². The molecule has 0 radical (unpaired) electrons. The van der Waals surface area contributed by atoms with Crippen LogP contribution in [0.15, 0.2) is 53.9 Å². The Hall–Kier alpha value is -3.26. The highest BCUT2D eigenvalue weighted by atomic mass is 32.1. The summed E-state index contributed by atoms with van der Waals surface area (Å²) in [6.07, 6.45) is 0. The van der Waals surface area contributed by atoms with Crippen molar-refractivity contribution in [2.24, 2.45) is 0 Å². The van der Waals surface area contributed by atoms with Gasteiger partial charge in [0.1, 0.15) is 11.6 Å². The van der Waals surface area contributed by atoms with E-state index in [1.807, 2.05) is 12.3 Å². The molecule has 0 aliphatic carbocycles. The molecule has 0 unspecified atom stereocenters. The van der Waals surface area contributed by atoms with Crippen LogP contribution < -0.4 is 15.4 Å². The lowest BCUT2D eigenvalue weighted by Gasteiger charge is -2.11. The zero-order valence-corrected chi connectivity index (χ0v) is 15.2. The number of ether oxygens (including phenoxy) is 1. The molecule has 0 atom stereocenters. The molecule has 0 aliphatic rings. The number of aryl methyl sites for hydroxylation is 1. The number of rotatable bonds is 6. The molecule has 1 heterocycles. The standard InChI is InChI=1S/C19H16FN3O3S/c1-12-11-27-19(21-12)23-18(25)13-6-2-5-9-16(13)26-10-17(24)22-15-8-4-3-7-14(15)20/h2-9,11H,10H2,1H3,(H,22,24)(H,21,23,25). The molecule has 138 valence electrons. The highest BCUT2D eigenvalue weighted by Crippen LogP contribution is 2.21. The predicted octanol–water partition coefficient (Wildman–Crippen LogP) is 3.86. The van der Waals surface area contributed by atoms with Crippen LogP contribution in [0.2, 0.25) is 0 Å². The SMILES string of the molecule is Cc1csc(NC(=O)c2ccccc2OCC(=O)Nc2ccccc2F)n1. The quantitative estimate of drug-likeness (QED) is 0.675. The van der Waals surface area contributed by atoms with Crippen LogP contribution in [0.25, 0.3) is 0 Å². The van der Waals surface area contributed by atoms with Gasteiger partial charge in [0.15, 0.2) is 11.7 Å². The molecule has 0 bridgehead atoms. The van der Waals surface area contributed by atoms with Gasteiger partial charge in [-0.15, -0.1) is 11.3 Å². The van der Waals surface area contributed by atoms with Crippen LogP contribution in [0.4, 0.5) is 15.2 Å².